The topological polar surface area (TPSA) is 21.3 Å². The summed E-state index contributed by atoms with van der Waals surface area (Å²) in [6, 6.07) is 0.707. The molecule has 0 radical (unpaired) electrons. The summed E-state index contributed by atoms with van der Waals surface area (Å²) in [4.78, 5) is 0. The quantitative estimate of drug-likeness (QED) is 0.698. The van der Waals surface area contributed by atoms with Crippen molar-refractivity contribution < 1.29 is 4.74 Å². The highest BCUT2D eigenvalue weighted by atomic mass is 16.5. The van der Waals surface area contributed by atoms with Crippen LogP contribution in [0.3, 0.4) is 0 Å². The van der Waals surface area contributed by atoms with Crippen LogP contribution in [-0.2, 0) is 4.74 Å². The normalized spacial score (nSPS) is 30.0. The second-order valence-corrected chi connectivity index (χ2v) is 3.94. The van der Waals surface area contributed by atoms with E-state index < -0.39 is 0 Å². The number of ether oxygens (including phenoxy) is 1. The van der Waals surface area contributed by atoms with E-state index >= 15 is 0 Å². The number of nitrogens with one attached hydrogen (secondary N) is 1. The fraction of sp³-hybridized carbons (Fsp3) is 1.00. The van der Waals surface area contributed by atoms with Crippen molar-refractivity contribution in [2.75, 3.05) is 6.54 Å². The molecule has 1 rings (SSSR count). The molecule has 0 aromatic carbocycles. The molecular weight excluding hydrogens is 150 g/mol. The van der Waals surface area contributed by atoms with E-state index in [1.54, 1.807) is 0 Å². The Balaban J connectivity index is 2.16. The van der Waals surface area contributed by atoms with Gasteiger partial charge in [0.05, 0.1) is 12.2 Å². The average molecular weight is 171 g/mol. The van der Waals surface area contributed by atoms with E-state index in [1.165, 1.54) is 19.3 Å². The zero-order chi connectivity index (χ0) is 8.97. The second-order valence-electron chi connectivity index (χ2n) is 3.94. The zero-order valence-corrected chi connectivity index (χ0v) is 8.47. The molecule has 1 aliphatic rings. The molecule has 0 bridgehead atoms. The Labute approximate surface area is 75.7 Å². The van der Waals surface area contributed by atoms with Gasteiger partial charge in [0, 0.05) is 12.6 Å². The highest BCUT2D eigenvalue weighted by molar-refractivity contribution is 4.82. The lowest BCUT2D eigenvalue weighted by Crippen LogP contribution is -2.22. The van der Waals surface area contributed by atoms with Crippen molar-refractivity contribution in [3.63, 3.8) is 0 Å². The Bertz CT molecular complexity index is 125. The van der Waals surface area contributed by atoms with Gasteiger partial charge in [-0.2, -0.15) is 0 Å². The molecule has 1 saturated heterocycles. The first-order chi connectivity index (χ1) is 5.72. The summed E-state index contributed by atoms with van der Waals surface area (Å²) in [5.74, 6) is 0. The first kappa shape index (κ1) is 10.0. The van der Waals surface area contributed by atoms with Gasteiger partial charge in [0.25, 0.3) is 0 Å². The Morgan fingerprint density at radius 3 is 2.83 bits per heavy atom. The Morgan fingerprint density at radius 1 is 1.50 bits per heavy atom. The Kier molecular flexibility index (Phi) is 4.02. The minimum Gasteiger partial charge on any atom is -0.374 e. The molecule has 0 spiro atoms. The molecule has 0 aromatic heterocycles. The molecule has 0 aromatic rings. The van der Waals surface area contributed by atoms with Crippen molar-refractivity contribution in [2.45, 2.75) is 58.3 Å². The molecule has 0 unspecified atom stereocenters. The number of rotatable bonds is 4. The van der Waals surface area contributed by atoms with E-state index in [-0.39, 0.29) is 0 Å². The average Bonchev–Trinajstić information content (AvgIpc) is 2.36. The van der Waals surface area contributed by atoms with Crippen LogP contribution in [0.15, 0.2) is 0 Å². The van der Waals surface area contributed by atoms with Crippen LogP contribution in [-0.4, -0.2) is 24.8 Å². The zero-order valence-electron chi connectivity index (χ0n) is 8.47. The maximum absolute atomic E-state index is 5.73. The third-order valence-corrected chi connectivity index (χ3v) is 2.28. The maximum Gasteiger partial charge on any atom is 0.0717 e. The van der Waals surface area contributed by atoms with Crippen molar-refractivity contribution in [1.29, 1.82) is 0 Å². The lowest BCUT2D eigenvalue weighted by atomic mass is 10.1. The lowest BCUT2D eigenvalue weighted by Gasteiger charge is -2.13. The van der Waals surface area contributed by atoms with Crippen molar-refractivity contribution in [1.82, 2.24) is 5.32 Å². The van der Waals surface area contributed by atoms with Gasteiger partial charge in [0.2, 0.25) is 0 Å². The smallest absolute Gasteiger partial charge is 0.0717 e. The molecule has 0 amide bonds. The van der Waals surface area contributed by atoms with Crippen LogP contribution >= 0.6 is 0 Å². The highest BCUT2D eigenvalue weighted by Gasteiger charge is 2.24. The van der Waals surface area contributed by atoms with Gasteiger partial charge in [-0.25, -0.2) is 0 Å². The summed E-state index contributed by atoms with van der Waals surface area (Å²) in [5, 5.41) is 3.49. The van der Waals surface area contributed by atoms with E-state index in [9.17, 15) is 0 Å². The van der Waals surface area contributed by atoms with Crippen LogP contribution in [0, 0.1) is 0 Å². The van der Waals surface area contributed by atoms with Gasteiger partial charge in [-0.3, -0.25) is 0 Å². The van der Waals surface area contributed by atoms with Gasteiger partial charge in [-0.15, -0.1) is 0 Å². The molecule has 2 heteroatoms. The van der Waals surface area contributed by atoms with Crippen molar-refractivity contribution in [3.05, 3.63) is 0 Å². The second kappa shape index (κ2) is 4.83. The predicted octanol–water partition coefficient (Wildman–Crippen LogP) is 1.94. The van der Waals surface area contributed by atoms with Crippen LogP contribution in [0.25, 0.3) is 0 Å². The maximum atomic E-state index is 5.73. The minimum atomic E-state index is 0.372. The molecule has 0 saturated carbocycles. The third kappa shape index (κ3) is 3.11. The van der Waals surface area contributed by atoms with E-state index in [0.717, 1.165) is 6.54 Å². The first-order valence-corrected chi connectivity index (χ1v) is 5.11. The van der Waals surface area contributed by atoms with Crippen LogP contribution in [0.5, 0.6) is 0 Å². The van der Waals surface area contributed by atoms with E-state index in [0.29, 0.717) is 18.2 Å². The molecule has 1 fully saturated rings. The molecule has 0 aliphatic carbocycles. The largest absolute Gasteiger partial charge is 0.374 e. The standard InChI is InChI=1S/C10H21NO/c1-4-5-9-6-10(7-11-9)12-8(2)3/h8-11H,4-7H2,1-3H3/t9-,10-/m0/s1. The van der Waals surface area contributed by atoms with E-state index in [1.807, 2.05) is 0 Å². The van der Waals surface area contributed by atoms with Gasteiger partial charge >= 0.3 is 0 Å². The summed E-state index contributed by atoms with van der Waals surface area (Å²) in [5.41, 5.74) is 0. The van der Waals surface area contributed by atoms with Gasteiger partial charge in [0.1, 0.15) is 0 Å². The molecular formula is C10H21NO. The monoisotopic (exact) mass is 171 g/mol. The highest BCUT2D eigenvalue weighted by Crippen LogP contribution is 2.15. The van der Waals surface area contributed by atoms with Gasteiger partial charge < -0.3 is 10.1 Å². The Hall–Kier alpha value is -0.0800. The number of hydrogen-bond donors (Lipinski definition) is 1. The van der Waals surface area contributed by atoms with Crippen LogP contribution < -0.4 is 5.32 Å². The fourth-order valence-electron chi connectivity index (χ4n) is 1.84. The summed E-state index contributed by atoms with van der Waals surface area (Å²) < 4.78 is 5.73. The summed E-state index contributed by atoms with van der Waals surface area (Å²) in [6.07, 6.45) is 4.59. The van der Waals surface area contributed by atoms with Crippen LogP contribution in [0.1, 0.15) is 40.0 Å². The van der Waals surface area contributed by atoms with E-state index in [2.05, 4.69) is 26.1 Å². The van der Waals surface area contributed by atoms with Gasteiger partial charge in [-0.1, -0.05) is 13.3 Å². The van der Waals surface area contributed by atoms with Crippen LogP contribution in [0.2, 0.25) is 0 Å². The lowest BCUT2D eigenvalue weighted by molar-refractivity contribution is 0.0186. The minimum absolute atomic E-state index is 0.372. The molecule has 2 nitrogen and oxygen atoms in total. The van der Waals surface area contributed by atoms with Crippen molar-refractivity contribution in [3.8, 4) is 0 Å². The molecule has 1 heterocycles. The fourth-order valence-corrected chi connectivity index (χ4v) is 1.84. The van der Waals surface area contributed by atoms with Crippen molar-refractivity contribution >= 4 is 0 Å². The Morgan fingerprint density at radius 2 is 2.25 bits per heavy atom. The van der Waals surface area contributed by atoms with Crippen LogP contribution in [0.4, 0.5) is 0 Å². The van der Waals surface area contributed by atoms with Gasteiger partial charge in [-0.05, 0) is 26.7 Å². The first-order valence-electron chi connectivity index (χ1n) is 5.11. The molecule has 1 N–H and O–H groups in total. The molecule has 2 atom stereocenters. The summed E-state index contributed by atoms with van der Waals surface area (Å²) in [6.45, 7) is 7.49. The predicted molar refractivity (Wildman–Crippen MR) is 51.3 cm³/mol. The summed E-state index contributed by atoms with van der Waals surface area (Å²) in [7, 11) is 0. The van der Waals surface area contributed by atoms with Gasteiger partial charge in [0.15, 0.2) is 0 Å². The SMILES string of the molecule is CCC[C@H]1C[C@H](OC(C)C)CN1. The summed E-state index contributed by atoms with van der Waals surface area (Å²) >= 11 is 0. The van der Waals surface area contributed by atoms with Crippen molar-refractivity contribution in [2.24, 2.45) is 0 Å². The molecule has 12 heavy (non-hydrogen) atoms. The third-order valence-electron chi connectivity index (χ3n) is 2.28. The molecule has 1 aliphatic heterocycles. The molecule has 72 valence electrons. The number of hydrogen-bond acceptors (Lipinski definition) is 2. The van der Waals surface area contributed by atoms with E-state index in [4.69, 9.17) is 4.74 Å².